The maximum atomic E-state index is 15.9. The van der Waals surface area contributed by atoms with Crippen molar-refractivity contribution in [3.8, 4) is 0 Å². The Morgan fingerprint density at radius 1 is 1.31 bits per heavy atom. The number of halogens is 2. The summed E-state index contributed by atoms with van der Waals surface area (Å²) < 4.78 is 56.8. The van der Waals surface area contributed by atoms with Gasteiger partial charge in [-0.25, -0.2) is 18.5 Å². The lowest BCUT2D eigenvalue weighted by Gasteiger charge is -2.38. The van der Waals surface area contributed by atoms with Crippen molar-refractivity contribution in [2.75, 3.05) is 49.4 Å². The maximum absolute atomic E-state index is 15.9. The standard InChI is InChI=1S/C21H23F2N3O6/c1-3-13-9-25(8-11(2)31-13)17-14(20-28-4-5-29-20)6-15-18(16(17)23)32-24-19(15)26-12(7-22)10-30-21(26)27/h3,6,11-13,20H,1,4-5,7-10H2,2H3. The Balaban J connectivity index is 1.66. The molecule has 32 heavy (non-hydrogen) atoms. The van der Waals surface area contributed by atoms with E-state index in [9.17, 15) is 9.18 Å². The zero-order valence-corrected chi connectivity index (χ0v) is 17.5. The van der Waals surface area contributed by atoms with Crippen LogP contribution in [0.1, 0.15) is 18.8 Å². The van der Waals surface area contributed by atoms with Gasteiger partial charge < -0.3 is 28.4 Å². The summed E-state index contributed by atoms with van der Waals surface area (Å²) in [7, 11) is 0. The number of ether oxygens (including phenoxy) is 4. The molecule has 3 unspecified atom stereocenters. The minimum atomic E-state index is -0.866. The third-order valence-electron chi connectivity index (χ3n) is 5.80. The number of hydrogen-bond donors (Lipinski definition) is 0. The molecule has 4 heterocycles. The first-order chi connectivity index (χ1) is 15.5. The highest BCUT2D eigenvalue weighted by Crippen LogP contribution is 2.42. The second-order valence-corrected chi connectivity index (χ2v) is 7.97. The van der Waals surface area contributed by atoms with E-state index >= 15 is 4.39 Å². The van der Waals surface area contributed by atoms with Crippen LogP contribution in [0.3, 0.4) is 0 Å². The van der Waals surface area contributed by atoms with Gasteiger partial charge in [0.15, 0.2) is 17.9 Å². The third kappa shape index (κ3) is 3.40. The molecule has 0 spiro atoms. The molecule has 0 N–H and O–H groups in total. The summed E-state index contributed by atoms with van der Waals surface area (Å²) in [4.78, 5) is 15.1. The van der Waals surface area contributed by atoms with E-state index in [1.165, 1.54) is 0 Å². The highest BCUT2D eigenvalue weighted by Gasteiger charge is 2.40. The Kier molecular flexibility index (Phi) is 5.48. The lowest BCUT2D eigenvalue weighted by Crippen LogP contribution is -2.46. The highest BCUT2D eigenvalue weighted by molar-refractivity contribution is 6.01. The van der Waals surface area contributed by atoms with E-state index in [0.717, 1.165) is 4.90 Å². The van der Waals surface area contributed by atoms with Gasteiger partial charge in [-0.1, -0.05) is 11.2 Å². The molecule has 11 heteroatoms. The number of rotatable bonds is 5. The van der Waals surface area contributed by atoms with Crippen LogP contribution in [0.4, 0.5) is 25.1 Å². The Bertz CT molecular complexity index is 1040. The minimum Gasteiger partial charge on any atom is -0.447 e. The van der Waals surface area contributed by atoms with Crippen molar-refractivity contribution in [3.05, 3.63) is 30.1 Å². The van der Waals surface area contributed by atoms with Gasteiger partial charge in [0.25, 0.3) is 0 Å². The number of benzene rings is 1. The Morgan fingerprint density at radius 3 is 2.81 bits per heavy atom. The van der Waals surface area contributed by atoms with Gasteiger partial charge in [0.1, 0.15) is 19.3 Å². The van der Waals surface area contributed by atoms with Gasteiger partial charge in [0.2, 0.25) is 5.58 Å². The quantitative estimate of drug-likeness (QED) is 0.641. The molecule has 2 aromatic rings. The average Bonchev–Trinajstić information content (AvgIpc) is 3.52. The molecule has 0 saturated carbocycles. The number of anilines is 2. The van der Waals surface area contributed by atoms with Crippen molar-refractivity contribution < 1.29 is 37.0 Å². The fourth-order valence-corrected chi connectivity index (χ4v) is 4.38. The number of amides is 1. The second kappa shape index (κ2) is 8.30. The largest absolute Gasteiger partial charge is 0.447 e. The first kappa shape index (κ1) is 21.1. The van der Waals surface area contributed by atoms with Crippen LogP contribution in [0.5, 0.6) is 0 Å². The normalized spacial score (nSPS) is 26.8. The van der Waals surface area contributed by atoms with E-state index in [-0.39, 0.29) is 41.3 Å². The van der Waals surface area contributed by atoms with Gasteiger partial charge in [0, 0.05) is 18.7 Å². The van der Waals surface area contributed by atoms with Crippen molar-refractivity contribution >= 4 is 28.6 Å². The van der Waals surface area contributed by atoms with Crippen molar-refractivity contribution in [3.63, 3.8) is 0 Å². The van der Waals surface area contributed by atoms with Crippen LogP contribution >= 0.6 is 0 Å². The summed E-state index contributed by atoms with van der Waals surface area (Å²) >= 11 is 0. The Morgan fingerprint density at radius 2 is 2.09 bits per heavy atom. The van der Waals surface area contributed by atoms with Crippen LogP contribution in [0.2, 0.25) is 0 Å². The molecule has 9 nitrogen and oxygen atoms in total. The molecule has 0 aliphatic carbocycles. The summed E-state index contributed by atoms with van der Waals surface area (Å²) in [6.45, 7) is 6.24. The van der Waals surface area contributed by atoms with Crippen LogP contribution in [-0.2, 0) is 18.9 Å². The molecule has 3 fully saturated rings. The molecule has 0 radical (unpaired) electrons. The highest BCUT2D eigenvalue weighted by atomic mass is 19.1. The molecule has 1 aromatic heterocycles. The first-order valence-corrected chi connectivity index (χ1v) is 10.4. The number of nitrogens with zero attached hydrogens (tertiary/aromatic N) is 3. The van der Waals surface area contributed by atoms with E-state index in [1.54, 1.807) is 12.1 Å². The first-order valence-electron chi connectivity index (χ1n) is 10.4. The zero-order chi connectivity index (χ0) is 22.4. The lowest BCUT2D eigenvalue weighted by atomic mass is 10.0. The molecule has 3 aliphatic heterocycles. The molecule has 0 bridgehead atoms. The molecule has 5 rings (SSSR count). The zero-order valence-electron chi connectivity index (χ0n) is 17.5. The summed E-state index contributed by atoms with van der Waals surface area (Å²) in [5.41, 5.74) is 0.529. The van der Waals surface area contributed by atoms with Gasteiger partial charge in [-0.05, 0) is 13.0 Å². The Labute approximate surface area is 182 Å². The fourth-order valence-electron chi connectivity index (χ4n) is 4.38. The number of carbonyl (C=O) groups is 1. The molecular weight excluding hydrogens is 428 g/mol. The molecule has 3 saturated heterocycles. The number of fused-ring (bicyclic) bond motifs is 1. The van der Waals surface area contributed by atoms with Crippen molar-refractivity contribution in [1.29, 1.82) is 0 Å². The third-order valence-corrected chi connectivity index (χ3v) is 5.80. The van der Waals surface area contributed by atoms with Crippen LogP contribution in [-0.4, -0.2) is 69.1 Å². The summed E-state index contributed by atoms with van der Waals surface area (Å²) in [5, 5.41) is 4.10. The van der Waals surface area contributed by atoms with E-state index in [4.69, 9.17) is 23.5 Å². The van der Waals surface area contributed by atoms with Gasteiger partial charge in [-0.2, -0.15) is 0 Å². The molecule has 1 amide bonds. The summed E-state index contributed by atoms with van der Waals surface area (Å²) in [6, 6.07) is 0.758. The van der Waals surface area contributed by atoms with Crippen molar-refractivity contribution in [1.82, 2.24) is 5.16 Å². The number of morpholine rings is 1. The van der Waals surface area contributed by atoms with E-state index in [1.807, 2.05) is 11.8 Å². The average molecular weight is 451 g/mol. The predicted molar refractivity (Wildman–Crippen MR) is 109 cm³/mol. The van der Waals surface area contributed by atoms with Crippen LogP contribution in [0.15, 0.2) is 23.2 Å². The van der Waals surface area contributed by atoms with Gasteiger partial charge in [-0.15, -0.1) is 6.58 Å². The molecule has 3 atom stereocenters. The summed E-state index contributed by atoms with van der Waals surface area (Å²) in [6.07, 6.45) is -0.367. The van der Waals surface area contributed by atoms with Crippen molar-refractivity contribution in [2.24, 2.45) is 0 Å². The summed E-state index contributed by atoms with van der Waals surface area (Å²) in [5.74, 6) is -0.675. The van der Waals surface area contributed by atoms with Crippen LogP contribution in [0, 0.1) is 5.82 Å². The van der Waals surface area contributed by atoms with Gasteiger partial charge in [0.05, 0.1) is 36.5 Å². The minimum absolute atomic E-state index is 0.00541. The number of cyclic esters (lactones) is 1. The van der Waals surface area contributed by atoms with Crippen LogP contribution < -0.4 is 9.80 Å². The van der Waals surface area contributed by atoms with E-state index in [0.29, 0.717) is 31.9 Å². The SMILES string of the molecule is C=CC1CN(c2c(C3OCCO3)cc3c(N4C(=O)OCC4CF)noc3c2F)CC(C)O1. The topological polar surface area (TPSA) is 86.5 Å². The maximum Gasteiger partial charge on any atom is 0.416 e. The molecule has 1 aromatic carbocycles. The van der Waals surface area contributed by atoms with E-state index < -0.39 is 30.9 Å². The fraction of sp³-hybridized carbons (Fsp3) is 0.524. The molecular formula is C21H23F2N3O6. The predicted octanol–water partition coefficient (Wildman–Crippen LogP) is 3.09. The number of carbonyl (C=O) groups excluding carboxylic acids is 1. The Hall–Kier alpha value is -2.76. The lowest BCUT2D eigenvalue weighted by molar-refractivity contribution is -0.0443. The molecule has 172 valence electrons. The van der Waals surface area contributed by atoms with E-state index in [2.05, 4.69) is 11.7 Å². The van der Waals surface area contributed by atoms with Gasteiger partial charge in [-0.3, -0.25) is 0 Å². The monoisotopic (exact) mass is 451 g/mol. The van der Waals surface area contributed by atoms with Crippen LogP contribution in [0.25, 0.3) is 11.0 Å². The number of alkyl halides is 1. The molecule has 3 aliphatic rings. The second-order valence-electron chi connectivity index (χ2n) is 7.97. The van der Waals surface area contributed by atoms with Crippen molar-refractivity contribution in [2.45, 2.75) is 31.5 Å². The smallest absolute Gasteiger partial charge is 0.416 e. The van der Waals surface area contributed by atoms with Gasteiger partial charge >= 0.3 is 6.09 Å². The number of hydrogen-bond acceptors (Lipinski definition) is 8. The number of aromatic nitrogens is 1.